The average molecular weight is 377 g/mol. The van der Waals surface area contributed by atoms with Crippen molar-refractivity contribution in [1.29, 1.82) is 0 Å². The number of methoxy groups -OCH3 is 3. The van der Waals surface area contributed by atoms with Crippen LogP contribution >= 0.6 is 15.9 Å². The first kappa shape index (κ1) is 17.1. The summed E-state index contributed by atoms with van der Waals surface area (Å²) in [4.78, 5) is 12.4. The van der Waals surface area contributed by atoms with Crippen LogP contribution in [0.1, 0.15) is 15.9 Å². The Morgan fingerprint density at radius 1 is 1.00 bits per heavy atom. The van der Waals surface area contributed by atoms with Crippen molar-refractivity contribution in [3.63, 3.8) is 0 Å². The highest BCUT2D eigenvalue weighted by atomic mass is 79.9. The van der Waals surface area contributed by atoms with E-state index in [2.05, 4.69) is 15.9 Å². The van der Waals surface area contributed by atoms with Gasteiger partial charge in [0.2, 0.25) is 0 Å². The van der Waals surface area contributed by atoms with Gasteiger partial charge in [0.25, 0.3) is 0 Å². The number of benzene rings is 2. The highest BCUT2D eigenvalue weighted by Gasteiger charge is 2.13. The van der Waals surface area contributed by atoms with Crippen molar-refractivity contribution in [3.8, 4) is 17.2 Å². The molecular weight excluding hydrogens is 360 g/mol. The minimum atomic E-state index is -0.138. The SMILES string of the molecule is COc1cccc(/C=C/C(=O)c2cc(OC)c(OC)cc2Br)c1. The van der Waals surface area contributed by atoms with Crippen LogP contribution < -0.4 is 14.2 Å². The maximum Gasteiger partial charge on any atom is 0.187 e. The van der Waals surface area contributed by atoms with Gasteiger partial charge >= 0.3 is 0 Å². The van der Waals surface area contributed by atoms with E-state index in [-0.39, 0.29) is 5.78 Å². The fourth-order valence-electron chi connectivity index (χ4n) is 2.05. The molecule has 0 radical (unpaired) electrons. The van der Waals surface area contributed by atoms with Crippen molar-refractivity contribution in [1.82, 2.24) is 0 Å². The molecule has 23 heavy (non-hydrogen) atoms. The standard InChI is InChI=1S/C18H17BrO4/c1-21-13-6-4-5-12(9-13)7-8-16(20)14-10-17(22-2)18(23-3)11-15(14)19/h4-11H,1-3H3/b8-7+. The number of carbonyl (C=O) groups excluding carboxylic acids is 1. The number of allylic oxidation sites excluding steroid dienone is 1. The smallest absolute Gasteiger partial charge is 0.187 e. The molecule has 0 aliphatic rings. The summed E-state index contributed by atoms with van der Waals surface area (Å²) >= 11 is 3.39. The van der Waals surface area contributed by atoms with Crippen LogP contribution in [0.2, 0.25) is 0 Å². The first-order valence-corrected chi connectivity index (χ1v) is 7.66. The lowest BCUT2D eigenvalue weighted by molar-refractivity contribution is 0.104. The van der Waals surface area contributed by atoms with E-state index in [1.54, 1.807) is 32.4 Å². The third kappa shape index (κ3) is 4.13. The number of ketones is 1. The fraction of sp³-hybridized carbons (Fsp3) is 0.167. The molecule has 0 aliphatic carbocycles. The molecule has 120 valence electrons. The Morgan fingerprint density at radius 3 is 2.35 bits per heavy atom. The van der Waals surface area contributed by atoms with E-state index in [0.29, 0.717) is 21.5 Å². The topological polar surface area (TPSA) is 44.8 Å². The molecular formula is C18H17BrO4. The number of hydrogen-bond donors (Lipinski definition) is 0. The zero-order valence-electron chi connectivity index (χ0n) is 13.1. The molecule has 0 bridgehead atoms. The molecule has 0 saturated heterocycles. The quantitative estimate of drug-likeness (QED) is 0.554. The zero-order valence-corrected chi connectivity index (χ0v) is 14.7. The Hall–Kier alpha value is -2.27. The number of rotatable bonds is 6. The van der Waals surface area contributed by atoms with E-state index >= 15 is 0 Å². The third-order valence-corrected chi connectivity index (χ3v) is 3.92. The van der Waals surface area contributed by atoms with E-state index < -0.39 is 0 Å². The van der Waals surface area contributed by atoms with E-state index in [4.69, 9.17) is 14.2 Å². The first-order valence-electron chi connectivity index (χ1n) is 6.87. The molecule has 2 rings (SSSR count). The Labute approximate surface area is 143 Å². The molecule has 2 aromatic rings. The first-order chi connectivity index (χ1) is 11.1. The van der Waals surface area contributed by atoms with Crippen molar-refractivity contribution in [2.75, 3.05) is 21.3 Å². The lowest BCUT2D eigenvalue weighted by atomic mass is 10.1. The molecule has 0 aliphatic heterocycles. The summed E-state index contributed by atoms with van der Waals surface area (Å²) in [7, 11) is 4.69. The van der Waals surface area contributed by atoms with Crippen LogP contribution in [0.15, 0.2) is 46.9 Å². The normalized spacial score (nSPS) is 10.6. The summed E-state index contributed by atoms with van der Waals surface area (Å²) in [5.74, 6) is 1.68. The molecule has 2 aromatic carbocycles. The van der Waals surface area contributed by atoms with E-state index in [1.165, 1.54) is 13.2 Å². The number of halogens is 1. The van der Waals surface area contributed by atoms with Crippen molar-refractivity contribution in [2.45, 2.75) is 0 Å². The van der Waals surface area contributed by atoms with Gasteiger partial charge in [-0.25, -0.2) is 0 Å². The maximum absolute atomic E-state index is 12.4. The van der Waals surface area contributed by atoms with Crippen LogP contribution in [0, 0.1) is 0 Å². The van der Waals surface area contributed by atoms with Gasteiger partial charge in [0.05, 0.1) is 21.3 Å². The highest BCUT2D eigenvalue weighted by Crippen LogP contribution is 2.33. The van der Waals surface area contributed by atoms with Gasteiger partial charge in [-0.1, -0.05) is 18.2 Å². The predicted molar refractivity (Wildman–Crippen MR) is 93.6 cm³/mol. The van der Waals surface area contributed by atoms with Gasteiger partial charge < -0.3 is 14.2 Å². The molecule has 0 fully saturated rings. The molecule has 0 saturated carbocycles. The van der Waals surface area contributed by atoms with Crippen LogP contribution in [-0.2, 0) is 0 Å². The lowest BCUT2D eigenvalue weighted by Crippen LogP contribution is -1.99. The monoisotopic (exact) mass is 376 g/mol. The Morgan fingerprint density at radius 2 is 1.70 bits per heavy atom. The summed E-state index contributed by atoms with van der Waals surface area (Å²) in [5.41, 5.74) is 1.39. The second-order valence-corrected chi connectivity index (χ2v) is 5.52. The molecule has 5 heteroatoms. The summed E-state index contributed by atoms with van der Waals surface area (Å²) in [6, 6.07) is 10.8. The summed E-state index contributed by atoms with van der Waals surface area (Å²) in [6.45, 7) is 0. The molecule has 0 atom stereocenters. The van der Waals surface area contributed by atoms with Crippen LogP contribution in [-0.4, -0.2) is 27.1 Å². The minimum Gasteiger partial charge on any atom is -0.497 e. The van der Waals surface area contributed by atoms with Crippen LogP contribution in [0.4, 0.5) is 0 Å². The highest BCUT2D eigenvalue weighted by molar-refractivity contribution is 9.10. The largest absolute Gasteiger partial charge is 0.497 e. The number of ether oxygens (including phenoxy) is 3. The van der Waals surface area contributed by atoms with E-state index in [9.17, 15) is 4.79 Å². The predicted octanol–water partition coefficient (Wildman–Crippen LogP) is 4.37. The average Bonchev–Trinajstić information content (AvgIpc) is 2.59. The summed E-state index contributed by atoms with van der Waals surface area (Å²) in [5, 5.41) is 0. The van der Waals surface area contributed by atoms with Gasteiger partial charge in [-0.05, 0) is 51.8 Å². The van der Waals surface area contributed by atoms with Crippen LogP contribution in [0.25, 0.3) is 6.08 Å². The van der Waals surface area contributed by atoms with Gasteiger partial charge in [0.15, 0.2) is 17.3 Å². The van der Waals surface area contributed by atoms with Gasteiger partial charge in [0, 0.05) is 10.0 Å². The van der Waals surface area contributed by atoms with Gasteiger partial charge in [-0.15, -0.1) is 0 Å². The zero-order chi connectivity index (χ0) is 16.8. The van der Waals surface area contributed by atoms with E-state index in [1.807, 2.05) is 24.3 Å². The molecule has 0 unspecified atom stereocenters. The number of carbonyl (C=O) groups is 1. The molecule has 0 heterocycles. The van der Waals surface area contributed by atoms with E-state index in [0.717, 1.165) is 11.3 Å². The lowest BCUT2D eigenvalue weighted by Gasteiger charge is -2.10. The second-order valence-electron chi connectivity index (χ2n) is 4.66. The van der Waals surface area contributed by atoms with Gasteiger partial charge in [0.1, 0.15) is 5.75 Å². The van der Waals surface area contributed by atoms with Gasteiger partial charge in [-0.2, -0.15) is 0 Å². The third-order valence-electron chi connectivity index (χ3n) is 3.26. The molecule has 0 aromatic heterocycles. The van der Waals surface area contributed by atoms with Crippen LogP contribution in [0.5, 0.6) is 17.2 Å². The Kier molecular flexibility index (Phi) is 5.82. The fourth-order valence-corrected chi connectivity index (χ4v) is 2.57. The summed E-state index contributed by atoms with van der Waals surface area (Å²) < 4.78 is 16.3. The van der Waals surface area contributed by atoms with Crippen molar-refractivity contribution < 1.29 is 19.0 Å². The van der Waals surface area contributed by atoms with Crippen molar-refractivity contribution in [2.24, 2.45) is 0 Å². The minimum absolute atomic E-state index is 0.138. The van der Waals surface area contributed by atoms with Crippen molar-refractivity contribution >= 4 is 27.8 Å². The second kappa shape index (κ2) is 7.83. The molecule has 4 nitrogen and oxygen atoms in total. The number of hydrogen-bond acceptors (Lipinski definition) is 4. The summed E-state index contributed by atoms with van der Waals surface area (Å²) in [6.07, 6.45) is 3.26. The van der Waals surface area contributed by atoms with Crippen LogP contribution in [0.3, 0.4) is 0 Å². The van der Waals surface area contributed by atoms with Gasteiger partial charge in [-0.3, -0.25) is 4.79 Å². The maximum atomic E-state index is 12.4. The Balaban J connectivity index is 2.28. The molecule has 0 spiro atoms. The molecule has 0 amide bonds. The molecule has 0 N–H and O–H groups in total. The van der Waals surface area contributed by atoms with Crippen molar-refractivity contribution in [3.05, 3.63) is 58.1 Å². The Bertz CT molecular complexity index is 738.